The average molecular weight is 254 g/mol. The Hall–Kier alpha value is -1.67. The van der Waals surface area contributed by atoms with Crippen LogP contribution in [0, 0.1) is 0 Å². The van der Waals surface area contributed by atoms with Crippen molar-refractivity contribution in [2.24, 2.45) is 0 Å². The van der Waals surface area contributed by atoms with Crippen molar-refractivity contribution in [2.45, 2.75) is 32.2 Å². The van der Waals surface area contributed by atoms with Gasteiger partial charge in [-0.2, -0.15) is 0 Å². The Bertz CT molecular complexity index is 490. The molecule has 0 bridgehead atoms. The van der Waals surface area contributed by atoms with Gasteiger partial charge in [-0.3, -0.25) is 4.98 Å². The van der Waals surface area contributed by atoms with Gasteiger partial charge in [-0.05, 0) is 42.1 Å². The molecule has 2 nitrogen and oxygen atoms in total. The molecule has 0 spiro atoms. The van der Waals surface area contributed by atoms with Crippen molar-refractivity contribution in [3.8, 4) is 0 Å². The molecule has 0 aliphatic rings. The number of benzene rings is 1. The van der Waals surface area contributed by atoms with Crippen molar-refractivity contribution in [3.05, 3.63) is 65.5 Å². The van der Waals surface area contributed by atoms with Crippen molar-refractivity contribution >= 4 is 0 Å². The fourth-order valence-electron chi connectivity index (χ4n) is 2.33. The van der Waals surface area contributed by atoms with Crippen LogP contribution >= 0.6 is 0 Å². The third kappa shape index (κ3) is 3.21. The molecule has 2 atom stereocenters. The Kier molecular flexibility index (Phi) is 4.69. The Labute approximate surface area is 115 Å². The predicted octanol–water partition coefficient (Wildman–Crippen LogP) is 3.90. The molecule has 0 saturated heterocycles. The van der Waals surface area contributed by atoms with Crippen LogP contribution in [-0.2, 0) is 0 Å². The van der Waals surface area contributed by atoms with Gasteiger partial charge in [0.2, 0.25) is 0 Å². The Morgan fingerprint density at radius 2 is 1.74 bits per heavy atom. The van der Waals surface area contributed by atoms with Gasteiger partial charge in [-0.1, -0.05) is 44.2 Å². The summed E-state index contributed by atoms with van der Waals surface area (Å²) in [5.74, 6) is 0.625. The number of hydrogen-bond acceptors (Lipinski definition) is 2. The maximum absolute atomic E-state index is 4.20. The number of pyridine rings is 1. The summed E-state index contributed by atoms with van der Waals surface area (Å²) in [6, 6.07) is 13.2. The zero-order valence-electron chi connectivity index (χ0n) is 11.9. The summed E-state index contributed by atoms with van der Waals surface area (Å²) < 4.78 is 0. The first-order chi connectivity index (χ1) is 9.26. The lowest BCUT2D eigenvalue weighted by atomic mass is 9.94. The molecule has 1 aromatic carbocycles. The van der Waals surface area contributed by atoms with Crippen LogP contribution in [-0.4, -0.2) is 12.0 Å². The second-order valence-corrected chi connectivity index (χ2v) is 4.98. The SMILES string of the molecule is CCC(C)c1ccc(C(NC)c2cccnc2)cc1. The minimum absolute atomic E-state index is 0.208. The minimum atomic E-state index is 0.208. The number of nitrogens with one attached hydrogen (secondary N) is 1. The fraction of sp³-hybridized carbons (Fsp3) is 0.353. The summed E-state index contributed by atoms with van der Waals surface area (Å²) in [5.41, 5.74) is 3.89. The smallest absolute Gasteiger partial charge is 0.0589 e. The molecule has 0 saturated carbocycles. The molecule has 0 fully saturated rings. The molecule has 0 amide bonds. The lowest BCUT2D eigenvalue weighted by Gasteiger charge is -2.18. The molecule has 0 radical (unpaired) electrons. The Morgan fingerprint density at radius 3 is 2.26 bits per heavy atom. The molecule has 100 valence electrons. The Morgan fingerprint density at radius 1 is 1.05 bits per heavy atom. The standard InChI is InChI=1S/C17H22N2/c1-4-13(2)14-7-9-15(10-8-14)17(18-3)16-6-5-11-19-12-16/h5-13,17-18H,4H2,1-3H3. The van der Waals surface area contributed by atoms with Gasteiger partial charge in [-0.25, -0.2) is 0 Å². The molecule has 2 heteroatoms. The van der Waals surface area contributed by atoms with Crippen LogP contribution in [0.25, 0.3) is 0 Å². The van der Waals surface area contributed by atoms with Crippen LogP contribution in [0.3, 0.4) is 0 Å². The van der Waals surface area contributed by atoms with Gasteiger partial charge in [-0.15, -0.1) is 0 Å². The van der Waals surface area contributed by atoms with Crippen molar-refractivity contribution < 1.29 is 0 Å². The van der Waals surface area contributed by atoms with E-state index in [1.165, 1.54) is 23.1 Å². The van der Waals surface area contributed by atoms with Crippen molar-refractivity contribution in [1.29, 1.82) is 0 Å². The van der Waals surface area contributed by atoms with Gasteiger partial charge in [0.15, 0.2) is 0 Å². The van der Waals surface area contributed by atoms with Crippen LogP contribution in [0.1, 0.15) is 48.9 Å². The minimum Gasteiger partial charge on any atom is -0.309 e. The molecule has 19 heavy (non-hydrogen) atoms. The summed E-state index contributed by atoms with van der Waals surface area (Å²) in [5, 5.41) is 3.36. The number of hydrogen-bond donors (Lipinski definition) is 1. The summed E-state index contributed by atoms with van der Waals surface area (Å²) in [6.45, 7) is 4.50. The van der Waals surface area contributed by atoms with E-state index in [1.54, 1.807) is 0 Å². The van der Waals surface area contributed by atoms with Crippen molar-refractivity contribution in [2.75, 3.05) is 7.05 Å². The first kappa shape index (κ1) is 13.8. The van der Waals surface area contributed by atoms with E-state index in [1.807, 2.05) is 25.5 Å². The van der Waals surface area contributed by atoms with Crippen LogP contribution in [0.15, 0.2) is 48.8 Å². The van der Waals surface area contributed by atoms with E-state index in [-0.39, 0.29) is 6.04 Å². The first-order valence-electron chi connectivity index (χ1n) is 6.93. The van der Waals surface area contributed by atoms with Gasteiger partial charge >= 0.3 is 0 Å². The number of aromatic nitrogens is 1. The third-order valence-electron chi connectivity index (χ3n) is 3.76. The van der Waals surface area contributed by atoms with E-state index in [2.05, 4.69) is 54.5 Å². The lowest BCUT2D eigenvalue weighted by Crippen LogP contribution is -2.17. The summed E-state index contributed by atoms with van der Waals surface area (Å²) in [6.07, 6.45) is 4.91. The highest BCUT2D eigenvalue weighted by Gasteiger charge is 2.12. The molecule has 2 unspecified atom stereocenters. The van der Waals surface area contributed by atoms with Gasteiger partial charge in [0.1, 0.15) is 0 Å². The van der Waals surface area contributed by atoms with E-state index in [0.717, 1.165) is 0 Å². The topological polar surface area (TPSA) is 24.9 Å². The molecule has 0 aliphatic heterocycles. The molecular weight excluding hydrogens is 232 g/mol. The highest BCUT2D eigenvalue weighted by molar-refractivity contribution is 5.33. The highest BCUT2D eigenvalue weighted by atomic mass is 14.9. The molecule has 1 aromatic heterocycles. The molecule has 2 rings (SSSR count). The zero-order chi connectivity index (χ0) is 13.7. The number of nitrogens with zero attached hydrogens (tertiary/aromatic N) is 1. The average Bonchev–Trinajstić information content (AvgIpc) is 2.49. The second kappa shape index (κ2) is 6.48. The number of rotatable bonds is 5. The monoisotopic (exact) mass is 254 g/mol. The molecule has 2 aromatic rings. The van der Waals surface area contributed by atoms with Gasteiger partial charge in [0.05, 0.1) is 6.04 Å². The fourth-order valence-corrected chi connectivity index (χ4v) is 2.33. The van der Waals surface area contributed by atoms with E-state index < -0.39 is 0 Å². The van der Waals surface area contributed by atoms with E-state index in [9.17, 15) is 0 Å². The summed E-state index contributed by atoms with van der Waals surface area (Å²) >= 11 is 0. The molecule has 1 heterocycles. The van der Waals surface area contributed by atoms with Crippen LogP contribution < -0.4 is 5.32 Å². The van der Waals surface area contributed by atoms with Crippen LogP contribution in [0.4, 0.5) is 0 Å². The second-order valence-electron chi connectivity index (χ2n) is 4.98. The Balaban J connectivity index is 2.25. The molecular formula is C17H22N2. The van der Waals surface area contributed by atoms with Gasteiger partial charge in [0, 0.05) is 12.4 Å². The van der Waals surface area contributed by atoms with Crippen molar-refractivity contribution in [1.82, 2.24) is 10.3 Å². The van der Waals surface area contributed by atoms with Gasteiger partial charge in [0.25, 0.3) is 0 Å². The van der Waals surface area contributed by atoms with Crippen LogP contribution in [0.5, 0.6) is 0 Å². The normalized spacial score (nSPS) is 14.1. The molecule has 1 N–H and O–H groups in total. The largest absolute Gasteiger partial charge is 0.309 e. The maximum Gasteiger partial charge on any atom is 0.0589 e. The van der Waals surface area contributed by atoms with Crippen molar-refractivity contribution in [3.63, 3.8) is 0 Å². The quantitative estimate of drug-likeness (QED) is 0.875. The van der Waals surface area contributed by atoms with E-state index >= 15 is 0 Å². The maximum atomic E-state index is 4.20. The predicted molar refractivity (Wildman–Crippen MR) is 80.3 cm³/mol. The first-order valence-corrected chi connectivity index (χ1v) is 6.93. The van der Waals surface area contributed by atoms with E-state index in [0.29, 0.717) is 5.92 Å². The summed E-state index contributed by atoms with van der Waals surface area (Å²) in [4.78, 5) is 4.20. The van der Waals surface area contributed by atoms with Crippen LogP contribution in [0.2, 0.25) is 0 Å². The van der Waals surface area contributed by atoms with Gasteiger partial charge < -0.3 is 5.32 Å². The highest BCUT2D eigenvalue weighted by Crippen LogP contribution is 2.24. The van der Waals surface area contributed by atoms with E-state index in [4.69, 9.17) is 0 Å². The lowest BCUT2D eigenvalue weighted by molar-refractivity contribution is 0.685. The molecule has 0 aliphatic carbocycles. The zero-order valence-corrected chi connectivity index (χ0v) is 11.9. The third-order valence-corrected chi connectivity index (χ3v) is 3.76. The summed E-state index contributed by atoms with van der Waals surface area (Å²) in [7, 11) is 1.99.